The van der Waals surface area contributed by atoms with Crippen molar-refractivity contribution in [1.29, 1.82) is 0 Å². The molecule has 3 N–H and O–H groups in total. The summed E-state index contributed by atoms with van der Waals surface area (Å²) in [6.45, 7) is 3.98. The molecule has 0 unspecified atom stereocenters. The first kappa shape index (κ1) is 17.5. The van der Waals surface area contributed by atoms with E-state index < -0.39 is 0 Å². The lowest BCUT2D eigenvalue weighted by Gasteiger charge is -2.36. The minimum Gasteiger partial charge on any atom is -0.496 e. The van der Waals surface area contributed by atoms with Gasteiger partial charge in [0.2, 0.25) is 0 Å². The highest BCUT2D eigenvalue weighted by molar-refractivity contribution is 5.83. The molecule has 0 amide bonds. The molecule has 2 aliphatic rings. The zero-order valence-corrected chi connectivity index (χ0v) is 16.3. The summed E-state index contributed by atoms with van der Waals surface area (Å²) >= 11 is 0. The third kappa shape index (κ3) is 2.75. The number of anilines is 1. The predicted molar refractivity (Wildman–Crippen MR) is 110 cm³/mol. The molecule has 0 saturated carbocycles. The lowest BCUT2D eigenvalue weighted by atomic mass is 9.83. The van der Waals surface area contributed by atoms with E-state index in [0.29, 0.717) is 12.0 Å². The summed E-state index contributed by atoms with van der Waals surface area (Å²) in [7, 11) is 1.70. The van der Waals surface area contributed by atoms with Gasteiger partial charge in [-0.05, 0) is 54.8 Å². The van der Waals surface area contributed by atoms with E-state index in [2.05, 4.69) is 51.4 Å². The van der Waals surface area contributed by atoms with Gasteiger partial charge in [-0.25, -0.2) is 4.98 Å². The smallest absolute Gasteiger partial charge is 0.121 e. The number of hydrogen-bond donors (Lipinski definition) is 3. The van der Waals surface area contributed by atoms with Gasteiger partial charge in [0.1, 0.15) is 5.75 Å². The summed E-state index contributed by atoms with van der Waals surface area (Å²) < 4.78 is 7.55. The number of nitrogens with zero attached hydrogens (tertiary/aromatic N) is 2. The average molecular weight is 378 g/mol. The van der Waals surface area contributed by atoms with Crippen molar-refractivity contribution in [3.8, 4) is 5.75 Å². The van der Waals surface area contributed by atoms with E-state index in [1.807, 2.05) is 12.4 Å². The van der Waals surface area contributed by atoms with E-state index in [9.17, 15) is 5.11 Å². The molecule has 5 rings (SSSR count). The first-order chi connectivity index (χ1) is 13.7. The van der Waals surface area contributed by atoms with Crippen molar-refractivity contribution >= 4 is 16.7 Å². The van der Waals surface area contributed by atoms with Gasteiger partial charge in [-0.1, -0.05) is 12.1 Å². The Hall–Kier alpha value is -2.57. The van der Waals surface area contributed by atoms with Crippen LogP contribution in [0, 0.1) is 12.8 Å². The Labute approximate surface area is 164 Å². The van der Waals surface area contributed by atoms with Crippen molar-refractivity contribution in [2.75, 3.05) is 25.6 Å². The molecule has 146 valence electrons. The van der Waals surface area contributed by atoms with Crippen LogP contribution in [-0.4, -0.2) is 41.0 Å². The largest absolute Gasteiger partial charge is 0.496 e. The number of aliphatic hydroxyl groups is 1. The van der Waals surface area contributed by atoms with Crippen LogP contribution < -0.4 is 15.4 Å². The lowest BCUT2D eigenvalue weighted by Crippen LogP contribution is -2.40. The monoisotopic (exact) mass is 378 g/mol. The quantitative estimate of drug-likeness (QED) is 0.651. The molecule has 3 aromatic rings. The van der Waals surface area contributed by atoms with Crippen LogP contribution in [0.3, 0.4) is 0 Å². The Kier molecular flexibility index (Phi) is 4.25. The Morgan fingerprint density at radius 1 is 1.29 bits per heavy atom. The van der Waals surface area contributed by atoms with Crippen LogP contribution in [0.2, 0.25) is 0 Å². The van der Waals surface area contributed by atoms with Gasteiger partial charge in [0, 0.05) is 24.2 Å². The number of methoxy groups -OCH3 is 1. The van der Waals surface area contributed by atoms with Gasteiger partial charge in [-0.3, -0.25) is 0 Å². The topological polar surface area (TPSA) is 71.3 Å². The van der Waals surface area contributed by atoms with Crippen molar-refractivity contribution in [3.05, 3.63) is 53.3 Å². The maximum absolute atomic E-state index is 9.84. The molecule has 2 aromatic carbocycles. The van der Waals surface area contributed by atoms with Crippen LogP contribution in [0.5, 0.6) is 5.75 Å². The molecule has 6 nitrogen and oxygen atoms in total. The summed E-state index contributed by atoms with van der Waals surface area (Å²) in [5.74, 6) is 1.34. The second-order valence-electron chi connectivity index (χ2n) is 7.92. The Morgan fingerprint density at radius 2 is 2.18 bits per heavy atom. The molecule has 1 fully saturated rings. The normalized spacial score (nSPS) is 23.3. The second-order valence-corrected chi connectivity index (χ2v) is 7.92. The van der Waals surface area contributed by atoms with Crippen molar-refractivity contribution in [2.24, 2.45) is 5.92 Å². The maximum Gasteiger partial charge on any atom is 0.121 e. The van der Waals surface area contributed by atoms with Crippen molar-refractivity contribution in [2.45, 2.75) is 32.0 Å². The first-order valence-electron chi connectivity index (χ1n) is 9.91. The standard InChI is InChI=1S/C22H26N4O2/c1-13-7-14(3-4-21(13)28-2)10-26-12-24-18-8-16-17(9-20(18)26)25-19(11-27)15-5-6-23-22(15)16/h3-4,7-9,12,15,19,22-23,25,27H,5-6,10-11H2,1-2H3/t15-,19-,22-/m0/s1. The van der Waals surface area contributed by atoms with Gasteiger partial charge < -0.3 is 25.0 Å². The first-order valence-corrected chi connectivity index (χ1v) is 9.91. The highest BCUT2D eigenvalue weighted by Crippen LogP contribution is 2.42. The van der Waals surface area contributed by atoms with Crippen LogP contribution in [0.1, 0.15) is 29.2 Å². The van der Waals surface area contributed by atoms with Gasteiger partial charge in [0.15, 0.2) is 0 Å². The number of nitrogens with one attached hydrogen (secondary N) is 2. The van der Waals surface area contributed by atoms with E-state index in [1.54, 1.807) is 7.11 Å². The lowest BCUT2D eigenvalue weighted by molar-refractivity contribution is 0.224. The summed E-state index contributed by atoms with van der Waals surface area (Å²) in [6, 6.07) is 11.1. The molecule has 0 aliphatic carbocycles. The number of imidazole rings is 1. The fourth-order valence-corrected chi connectivity index (χ4v) is 4.85. The molecule has 3 heterocycles. The van der Waals surface area contributed by atoms with E-state index >= 15 is 0 Å². The molecular weight excluding hydrogens is 352 g/mol. The number of hydrogen-bond acceptors (Lipinski definition) is 5. The Bertz CT molecular complexity index is 1030. The number of benzene rings is 2. The van der Waals surface area contributed by atoms with Gasteiger partial charge in [-0.2, -0.15) is 0 Å². The van der Waals surface area contributed by atoms with Crippen molar-refractivity contribution < 1.29 is 9.84 Å². The number of aliphatic hydroxyl groups excluding tert-OH is 1. The zero-order chi connectivity index (χ0) is 19.3. The number of aryl methyl sites for hydroxylation is 1. The van der Waals surface area contributed by atoms with Crippen molar-refractivity contribution in [1.82, 2.24) is 14.9 Å². The second kappa shape index (κ2) is 6.79. The molecule has 6 heteroatoms. The number of rotatable bonds is 4. The Balaban J connectivity index is 1.52. The van der Waals surface area contributed by atoms with Crippen LogP contribution in [0.25, 0.3) is 11.0 Å². The SMILES string of the molecule is COc1ccc(Cn2cnc3cc4c(cc32)N[C@@H](CO)[C@@H]2CCN[C@H]42)cc1C. The van der Waals surface area contributed by atoms with Gasteiger partial charge in [0.25, 0.3) is 0 Å². The third-order valence-corrected chi connectivity index (χ3v) is 6.26. The van der Waals surface area contributed by atoms with E-state index in [4.69, 9.17) is 4.74 Å². The molecule has 0 radical (unpaired) electrons. The molecule has 1 saturated heterocycles. The minimum absolute atomic E-state index is 0.102. The fraction of sp³-hybridized carbons (Fsp3) is 0.409. The molecule has 28 heavy (non-hydrogen) atoms. The van der Waals surface area contributed by atoms with Crippen LogP contribution >= 0.6 is 0 Å². The van der Waals surface area contributed by atoms with Crippen LogP contribution in [0.4, 0.5) is 5.69 Å². The maximum atomic E-state index is 9.84. The molecule has 0 spiro atoms. The molecule has 0 bridgehead atoms. The van der Waals surface area contributed by atoms with Crippen molar-refractivity contribution in [3.63, 3.8) is 0 Å². The molecule has 1 aromatic heterocycles. The Morgan fingerprint density at radius 3 is 2.96 bits per heavy atom. The van der Waals surface area contributed by atoms with Gasteiger partial charge in [-0.15, -0.1) is 0 Å². The van der Waals surface area contributed by atoms with Crippen LogP contribution in [-0.2, 0) is 6.54 Å². The van der Waals surface area contributed by atoms with E-state index in [0.717, 1.165) is 47.5 Å². The molecule has 2 aliphatic heterocycles. The summed E-state index contributed by atoms with van der Waals surface area (Å²) in [5.41, 5.74) is 6.84. The summed E-state index contributed by atoms with van der Waals surface area (Å²) in [4.78, 5) is 4.67. The number of ether oxygens (including phenoxy) is 1. The number of fused-ring (bicyclic) bond motifs is 4. The van der Waals surface area contributed by atoms with Gasteiger partial charge >= 0.3 is 0 Å². The average Bonchev–Trinajstić information content (AvgIpc) is 3.34. The summed E-state index contributed by atoms with van der Waals surface area (Å²) in [6.07, 6.45) is 3.00. The van der Waals surface area contributed by atoms with Gasteiger partial charge in [0.05, 0.1) is 37.1 Å². The predicted octanol–water partition coefficient (Wildman–Crippen LogP) is 2.84. The highest BCUT2D eigenvalue weighted by atomic mass is 16.5. The van der Waals surface area contributed by atoms with E-state index in [1.165, 1.54) is 11.1 Å². The highest BCUT2D eigenvalue weighted by Gasteiger charge is 2.39. The fourth-order valence-electron chi connectivity index (χ4n) is 4.85. The number of aromatic nitrogens is 2. The van der Waals surface area contributed by atoms with E-state index in [-0.39, 0.29) is 12.6 Å². The zero-order valence-electron chi connectivity index (χ0n) is 16.3. The minimum atomic E-state index is 0.102. The molecular formula is C22H26N4O2. The molecule has 3 atom stereocenters. The van der Waals surface area contributed by atoms with Crippen LogP contribution in [0.15, 0.2) is 36.7 Å². The summed E-state index contributed by atoms with van der Waals surface area (Å²) in [5, 5.41) is 17.0. The third-order valence-electron chi connectivity index (χ3n) is 6.26.